The monoisotopic (exact) mass is 711 g/mol. The third-order valence-corrected chi connectivity index (χ3v) is 7.58. The highest BCUT2D eigenvalue weighted by molar-refractivity contribution is 6.31. The Morgan fingerprint density at radius 3 is 1.76 bits per heavy atom. The van der Waals surface area contributed by atoms with Gasteiger partial charge in [0.2, 0.25) is 11.8 Å². The normalized spacial score (nSPS) is 15.0. The third kappa shape index (κ3) is 10.6. The molecular weight excluding hydrogens is 681 g/mol. The van der Waals surface area contributed by atoms with Crippen LogP contribution in [0.3, 0.4) is 0 Å². The second-order valence-corrected chi connectivity index (χ2v) is 11.7. The number of nitrogens with zero attached hydrogens (tertiary/aromatic N) is 2. The Bertz CT molecular complexity index is 1850. The summed E-state index contributed by atoms with van der Waals surface area (Å²) in [6, 6.07) is 14.6. The van der Waals surface area contributed by atoms with Crippen molar-refractivity contribution in [1.29, 1.82) is 0 Å². The number of hydrogen-bond donors (Lipinski definition) is 7. The summed E-state index contributed by atoms with van der Waals surface area (Å²) >= 11 is 11.7. The van der Waals surface area contributed by atoms with E-state index in [1.54, 1.807) is 6.07 Å². The van der Waals surface area contributed by atoms with Crippen LogP contribution >= 0.6 is 23.2 Å². The van der Waals surface area contributed by atoms with Crippen molar-refractivity contribution in [3.8, 4) is 11.5 Å². The number of benzene rings is 2. The molecule has 7 N–H and O–H groups in total. The number of aromatic hydroxyl groups is 2. The molecule has 0 bridgehead atoms. The molecule has 0 radical (unpaired) electrons. The van der Waals surface area contributed by atoms with Crippen LogP contribution in [-0.2, 0) is 27.2 Å². The fourth-order valence-electron chi connectivity index (χ4n) is 4.58. The van der Waals surface area contributed by atoms with Gasteiger partial charge in [0.15, 0.2) is 0 Å². The Hall–Kier alpha value is -5.28. The number of ether oxygens (including phenoxy) is 1. The number of carboxylic acids is 1. The van der Waals surface area contributed by atoms with Crippen molar-refractivity contribution < 1.29 is 44.3 Å². The van der Waals surface area contributed by atoms with Crippen LogP contribution in [0.15, 0.2) is 73.1 Å². The van der Waals surface area contributed by atoms with Gasteiger partial charge in [-0.3, -0.25) is 19.4 Å². The SMILES string of the molecule is O=C(Cc1cc(Cl)ccc1O)Nc1ccnc(C(=O)NC2(CO)CCOC2)c1.O=C(Cc1cc(Cl)ccc1O)Nc1ccnc(C(=O)O)c1. The number of aromatic carboxylic acids is 1. The topological polar surface area (TPSA) is 220 Å². The number of halogens is 2. The maximum Gasteiger partial charge on any atom is 0.354 e. The maximum atomic E-state index is 12.5. The number of aliphatic hydroxyl groups excluding tert-OH is 1. The summed E-state index contributed by atoms with van der Waals surface area (Å²) in [4.78, 5) is 55.1. The lowest BCUT2D eigenvalue weighted by Crippen LogP contribution is -2.52. The summed E-state index contributed by atoms with van der Waals surface area (Å²) in [5.41, 5.74) is 0.584. The van der Waals surface area contributed by atoms with E-state index in [0.717, 1.165) is 0 Å². The lowest BCUT2D eigenvalue weighted by Gasteiger charge is -2.26. The number of amides is 3. The van der Waals surface area contributed by atoms with E-state index in [9.17, 15) is 34.5 Å². The first-order valence-corrected chi connectivity index (χ1v) is 15.3. The predicted octanol–water partition coefficient (Wildman–Crippen LogP) is 3.82. The average molecular weight is 713 g/mol. The molecule has 1 aliphatic heterocycles. The molecule has 2 aromatic carbocycles. The zero-order valence-electron chi connectivity index (χ0n) is 25.7. The van der Waals surface area contributed by atoms with Gasteiger partial charge in [-0.1, -0.05) is 23.2 Å². The van der Waals surface area contributed by atoms with Crippen LogP contribution < -0.4 is 16.0 Å². The zero-order chi connectivity index (χ0) is 35.6. The Labute approximate surface area is 289 Å². The zero-order valence-corrected chi connectivity index (χ0v) is 27.2. The highest BCUT2D eigenvalue weighted by Gasteiger charge is 2.36. The molecule has 5 rings (SSSR count). The number of carbonyl (C=O) groups is 4. The van der Waals surface area contributed by atoms with Crippen molar-refractivity contribution in [1.82, 2.24) is 15.3 Å². The van der Waals surface area contributed by atoms with Gasteiger partial charge in [0, 0.05) is 51.5 Å². The van der Waals surface area contributed by atoms with Crippen molar-refractivity contribution in [2.24, 2.45) is 0 Å². The molecule has 256 valence electrons. The quantitative estimate of drug-likeness (QED) is 0.125. The number of carbonyl (C=O) groups excluding carboxylic acids is 3. The van der Waals surface area contributed by atoms with Crippen LogP contribution in [0.2, 0.25) is 10.0 Å². The summed E-state index contributed by atoms with van der Waals surface area (Å²) in [6.07, 6.45) is 3.03. The number of rotatable bonds is 10. The van der Waals surface area contributed by atoms with Gasteiger partial charge in [-0.25, -0.2) is 9.78 Å². The minimum atomic E-state index is -1.18. The molecule has 1 unspecified atom stereocenters. The van der Waals surface area contributed by atoms with E-state index >= 15 is 0 Å². The largest absolute Gasteiger partial charge is 0.508 e. The number of aliphatic hydroxyl groups is 1. The smallest absolute Gasteiger partial charge is 0.354 e. The van der Waals surface area contributed by atoms with E-state index in [1.807, 2.05) is 0 Å². The van der Waals surface area contributed by atoms with Gasteiger partial charge in [0.25, 0.3) is 5.91 Å². The number of carboxylic acid groups (broad SMARTS) is 1. The van der Waals surface area contributed by atoms with Gasteiger partial charge in [0.05, 0.1) is 31.6 Å². The molecule has 49 heavy (non-hydrogen) atoms. The molecule has 0 spiro atoms. The van der Waals surface area contributed by atoms with E-state index in [1.165, 1.54) is 67.0 Å². The van der Waals surface area contributed by atoms with E-state index in [0.29, 0.717) is 45.6 Å². The van der Waals surface area contributed by atoms with Crippen molar-refractivity contribution >= 4 is 58.3 Å². The van der Waals surface area contributed by atoms with Gasteiger partial charge < -0.3 is 41.1 Å². The van der Waals surface area contributed by atoms with E-state index < -0.39 is 23.3 Å². The minimum absolute atomic E-state index is 0.0255. The molecule has 14 nitrogen and oxygen atoms in total. The fraction of sp³-hybridized carbons (Fsp3) is 0.212. The first-order chi connectivity index (χ1) is 23.4. The third-order valence-electron chi connectivity index (χ3n) is 7.11. The van der Waals surface area contributed by atoms with Crippen LogP contribution in [0.4, 0.5) is 11.4 Å². The number of anilines is 2. The van der Waals surface area contributed by atoms with Gasteiger partial charge in [0.1, 0.15) is 22.9 Å². The number of hydrogen-bond acceptors (Lipinski definition) is 10. The van der Waals surface area contributed by atoms with E-state index in [4.69, 9.17) is 33.0 Å². The first-order valence-electron chi connectivity index (χ1n) is 14.6. The van der Waals surface area contributed by atoms with Crippen LogP contribution in [0.5, 0.6) is 11.5 Å². The number of phenols is 2. The fourth-order valence-corrected chi connectivity index (χ4v) is 4.97. The van der Waals surface area contributed by atoms with Crippen LogP contribution in [0.1, 0.15) is 38.5 Å². The predicted molar refractivity (Wildman–Crippen MR) is 179 cm³/mol. The Kier molecular flexibility index (Phi) is 12.5. The highest BCUT2D eigenvalue weighted by Crippen LogP contribution is 2.24. The minimum Gasteiger partial charge on any atom is -0.508 e. The molecule has 0 saturated carbocycles. The molecule has 1 fully saturated rings. The molecule has 4 aromatic rings. The lowest BCUT2D eigenvalue weighted by molar-refractivity contribution is -0.116. The lowest BCUT2D eigenvalue weighted by atomic mass is 10.00. The summed E-state index contributed by atoms with van der Waals surface area (Å²) in [5, 5.41) is 46.6. The number of pyridine rings is 2. The summed E-state index contributed by atoms with van der Waals surface area (Å²) in [7, 11) is 0. The molecule has 3 heterocycles. The number of phenolic OH excluding ortho intramolecular Hbond substituents is 2. The average Bonchev–Trinajstić information content (AvgIpc) is 3.54. The summed E-state index contributed by atoms with van der Waals surface area (Å²) in [5.74, 6) is -2.50. The maximum absolute atomic E-state index is 12.5. The van der Waals surface area contributed by atoms with Crippen LogP contribution in [0, 0.1) is 0 Å². The van der Waals surface area contributed by atoms with Gasteiger partial charge in [-0.05, 0) is 67.1 Å². The first kappa shape index (κ1) is 36.6. The molecule has 1 saturated heterocycles. The van der Waals surface area contributed by atoms with Gasteiger partial charge in [-0.15, -0.1) is 0 Å². The molecule has 16 heteroatoms. The Morgan fingerprint density at radius 2 is 1.29 bits per heavy atom. The molecule has 0 aliphatic carbocycles. The van der Waals surface area contributed by atoms with Crippen molar-refractivity contribution in [2.45, 2.75) is 24.8 Å². The standard InChI is InChI=1S/C19H20ClN3O5.C14H11ClN2O4/c20-13-1-2-16(25)12(7-13)8-17(26)22-14-3-5-21-15(9-14)18(27)23-19(10-24)4-6-28-11-19;15-9-1-2-12(18)8(5-9)6-13(19)17-10-3-4-16-11(7-10)14(20)21/h1-3,5,7,9,24-25H,4,6,8,10-11H2,(H,23,27)(H,21,22,26);1-5,7,18H,6H2,(H,20,21)(H,16,17,19). The van der Waals surface area contributed by atoms with Crippen LogP contribution in [-0.4, -0.2) is 79.4 Å². The van der Waals surface area contributed by atoms with Crippen molar-refractivity contribution in [3.63, 3.8) is 0 Å². The van der Waals surface area contributed by atoms with Gasteiger partial charge in [-0.2, -0.15) is 0 Å². The molecular formula is C33H31Cl2N5O9. The Morgan fingerprint density at radius 1 is 0.776 bits per heavy atom. The van der Waals surface area contributed by atoms with E-state index in [2.05, 4.69) is 25.9 Å². The summed E-state index contributed by atoms with van der Waals surface area (Å²) < 4.78 is 5.26. The number of nitrogens with one attached hydrogen (secondary N) is 3. The van der Waals surface area contributed by atoms with Crippen molar-refractivity contribution in [2.75, 3.05) is 30.5 Å². The second-order valence-electron chi connectivity index (χ2n) is 10.9. The van der Waals surface area contributed by atoms with E-state index in [-0.39, 0.29) is 54.8 Å². The van der Waals surface area contributed by atoms with Gasteiger partial charge >= 0.3 is 5.97 Å². The molecule has 1 aliphatic rings. The van der Waals surface area contributed by atoms with Crippen LogP contribution in [0.25, 0.3) is 0 Å². The molecule has 1 atom stereocenters. The molecule has 3 amide bonds. The second kappa shape index (κ2) is 16.7. The molecule has 2 aromatic heterocycles. The Balaban J connectivity index is 0.000000230. The highest BCUT2D eigenvalue weighted by atomic mass is 35.5. The summed E-state index contributed by atoms with van der Waals surface area (Å²) in [6.45, 7) is 0.452. The van der Waals surface area contributed by atoms with Crippen molar-refractivity contribution in [3.05, 3.63) is 106 Å². The number of aromatic nitrogens is 2.